The van der Waals surface area contributed by atoms with Gasteiger partial charge in [-0.3, -0.25) is 0 Å². The van der Waals surface area contributed by atoms with Crippen LogP contribution in [0.15, 0.2) is 0 Å². The minimum Gasteiger partial charge on any atom is -0.360 e. The number of thioether (sulfide) groups is 1. The Bertz CT molecular complexity index is 216. The number of hydrogen-bond acceptors (Lipinski definition) is 2. The van der Waals surface area contributed by atoms with E-state index in [-0.39, 0.29) is 0 Å². The predicted molar refractivity (Wildman–Crippen MR) is 66.9 cm³/mol. The average Bonchev–Trinajstić information content (AvgIpc) is 2.93. The van der Waals surface area contributed by atoms with Gasteiger partial charge in [-0.1, -0.05) is 6.92 Å². The van der Waals surface area contributed by atoms with E-state index in [1.54, 1.807) is 0 Å². The van der Waals surface area contributed by atoms with Gasteiger partial charge in [0.05, 0.1) is 0 Å². The van der Waals surface area contributed by atoms with E-state index in [0.717, 1.165) is 23.5 Å². The van der Waals surface area contributed by atoms with Crippen LogP contribution in [0, 0.1) is 0 Å². The van der Waals surface area contributed by atoms with E-state index in [2.05, 4.69) is 28.9 Å². The summed E-state index contributed by atoms with van der Waals surface area (Å²) in [4.78, 5) is 2.34. The lowest BCUT2D eigenvalue weighted by atomic mass is 10.3. The SMILES string of the molecule is CC1CCN(C(=S)NC2CC2)CCS1. The van der Waals surface area contributed by atoms with Gasteiger partial charge in [0.2, 0.25) is 0 Å². The zero-order valence-electron chi connectivity index (χ0n) is 8.66. The van der Waals surface area contributed by atoms with E-state index >= 15 is 0 Å². The van der Waals surface area contributed by atoms with Crippen molar-refractivity contribution in [2.24, 2.45) is 0 Å². The quantitative estimate of drug-likeness (QED) is 0.691. The third-order valence-corrected chi connectivity index (χ3v) is 4.36. The van der Waals surface area contributed by atoms with E-state index in [1.165, 1.54) is 25.0 Å². The molecule has 1 heterocycles. The Morgan fingerprint density at radius 3 is 2.86 bits per heavy atom. The zero-order valence-corrected chi connectivity index (χ0v) is 10.3. The summed E-state index contributed by atoms with van der Waals surface area (Å²) in [5.41, 5.74) is 0. The summed E-state index contributed by atoms with van der Waals surface area (Å²) in [6, 6.07) is 0.691. The van der Waals surface area contributed by atoms with Crippen molar-refractivity contribution in [3.63, 3.8) is 0 Å². The Morgan fingerprint density at radius 1 is 1.36 bits per heavy atom. The van der Waals surface area contributed by atoms with Crippen molar-refractivity contribution in [2.75, 3.05) is 18.8 Å². The van der Waals surface area contributed by atoms with Crippen molar-refractivity contribution in [3.05, 3.63) is 0 Å². The molecule has 1 saturated heterocycles. The third kappa shape index (κ3) is 3.02. The van der Waals surface area contributed by atoms with Gasteiger partial charge in [-0.2, -0.15) is 11.8 Å². The lowest BCUT2D eigenvalue weighted by molar-refractivity contribution is 0.433. The van der Waals surface area contributed by atoms with Gasteiger partial charge in [0.25, 0.3) is 0 Å². The first kappa shape index (κ1) is 10.6. The summed E-state index contributed by atoms with van der Waals surface area (Å²) in [5, 5.41) is 5.20. The van der Waals surface area contributed by atoms with E-state index < -0.39 is 0 Å². The minimum absolute atomic E-state index is 0.691. The van der Waals surface area contributed by atoms with Gasteiger partial charge < -0.3 is 10.2 Å². The first-order valence-corrected chi connectivity index (χ1v) is 6.88. The summed E-state index contributed by atoms with van der Waals surface area (Å²) in [6.07, 6.45) is 3.87. The molecule has 1 aliphatic carbocycles. The van der Waals surface area contributed by atoms with Crippen LogP contribution < -0.4 is 5.32 Å². The van der Waals surface area contributed by atoms with Gasteiger partial charge in [-0.05, 0) is 31.5 Å². The van der Waals surface area contributed by atoms with E-state index in [4.69, 9.17) is 12.2 Å². The fraction of sp³-hybridized carbons (Fsp3) is 0.900. The highest BCUT2D eigenvalue weighted by Crippen LogP contribution is 2.21. The fourth-order valence-electron chi connectivity index (χ4n) is 1.59. The van der Waals surface area contributed by atoms with Crippen molar-refractivity contribution in [3.8, 4) is 0 Å². The lowest BCUT2D eigenvalue weighted by Crippen LogP contribution is -2.41. The topological polar surface area (TPSA) is 15.3 Å². The summed E-state index contributed by atoms with van der Waals surface area (Å²) < 4.78 is 0. The van der Waals surface area contributed by atoms with Gasteiger partial charge in [0.15, 0.2) is 5.11 Å². The van der Waals surface area contributed by atoms with Crippen LogP contribution in [0.4, 0.5) is 0 Å². The molecule has 80 valence electrons. The highest BCUT2D eigenvalue weighted by Gasteiger charge is 2.24. The maximum atomic E-state index is 5.39. The molecule has 0 aromatic carbocycles. The van der Waals surface area contributed by atoms with Crippen LogP contribution in [-0.2, 0) is 0 Å². The van der Waals surface area contributed by atoms with Crippen LogP contribution in [0.5, 0.6) is 0 Å². The van der Waals surface area contributed by atoms with Crippen LogP contribution in [-0.4, -0.2) is 40.1 Å². The van der Waals surface area contributed by atoms with Gasteiger partial charge in [0, 0.05) is 30.1 Å². The van der Waals surface area contributed by atoms with Crippen LogP contribution in [0.2, 0.25) is 0 Å². The average molecular weight is 230 g/mol. The van der Waals surface area contributed by atoms with Crippen LogP contribution >= 0.6 is 24.0 Å². The second kappa shape index (κ2) is 4.71. The standard InChI is InChI=1S/C10H18N2S2/c1-8-4-5-12(6-7-14-8)10(13)11-9-2-3-9/h8-9H,2-7H2,1H3,(H,11,13). The minimum atomic E-state index is 0.691. The van der Waals surface area contributed by atoms with Gasteiger partial charge >= 0.3 is 0 Å². The van der Waals surface area contributed by atoms with Crippen molar-refractivity contribution in [1.82, 2.24) is 10.2 Å². The molecular formula is C10H18N2S2. The van der Waals surface area contributed by atoms with Crippen molar-refractivity contribution in [1.29, 1.82) is 0 Å². The third-order valence-electron chi connectivity index (χ3n) is 2.76. The first-order chi connectivity index (χ1) is 6.75. The normalized spacial score (nSPS) is 28.4. The highest BCUT2D eigenvalue weighted by molar-refractivity contribution is 7.99. The first-order valence-electron chi connectivity index (χ1n) is 5.43. The fourth-order valence-corrected chi connectivity index (χ4v) is 2.94. The number of nitrogens with zero attached hydrogens (tertiary/aromatic N) is 1. The lowest BCUT2D eigenvalue weighted by Gasteiger charge is -2.23. The molecule has 0 aromatic rings. The molecule has 0 aromatic heterocycles. The Kier molecular flexibility index (Phi) is 3.55. The monoisotopic (exact) mass is 230 g/mol. The zero-order chi connectivity index (χ0) is 9.97. The van der Waals surface area contributed by atoms with E-state index in [0.29, 0.717) is 6.04 Å². The molecule has 0 amide bonds. The predicted octanol–water partition coefficient (Wildman–Crippen LogP) is 1.85. The van der Waals surface area contributed by atoms with Crippen LogP contribution in [0.25, 0.3) is 0 Å². The summed E-state index contributed by atoms with van der Waals surface area (Å²) in [7, 11) is 0. The Morgan fingerprint density at radius 2 is 2.14 bits per heavy atom. The molecule has 2 aliphatic rings. The second-order valence-corrected chi connectivity index (χ2v) is 6.11. The van der Waals surface area contributed by atoms with Crippen molar-refractivity contribution < 1.29 is 0 Å². The van der Waals surface area contributed by atoms with Gasteiger partial charge in [-0.15, -0.1) is 0 Å². The van der Waals surface area contributed by atoms with Crippen molar-refractivity contribution in [2.45, 2.75) is 37.5 Å². The molecule has 1 unspecified atom stereocenters. The van der Waals surface area contributed by atoms with E-state index in [1.807, 2.05) is 0 Å². The molecule has 14 heavy (non-hydrogen) atoms. The van der Waals surface area contributed by atoms with E-state index in [9.17, 15) is 0 Å². The molecule has 2 rings (SSSR count). The second-order valence-electron chi connectivity index (χ2n) is 4.18. The Labute approximate surface area is 95.8 Å². The number of thiocarbonyl (C=S) groups is 1. The van der Waals surface area contributed by atoms with Gasteiger partial charge in [0.1, 0.15) is 0 Å². The highest BCUT2D eigenvalue weighted by atomic mass is 32.2. The Balaban J connectivity index is 1.79. The summed E-state index contributed by atoms with van der Waals surface area (Å²) in [6.45, 7) is 4.56. The summed E-state index contributed by atoms with van der Waals surface area (Å²) in [5.74, 6) is 1.22. The molecule has 1 atom stereocenters. The van der Waals surface area contributed by atoms with Crippen molar-refractivity contribution >= 4 is 29.1 Å². The molecule has 2 nitrogen and oxygen atoms in total. The maximum Gasteiger partial charge on any atom is 0.169 e. The number of hydrogen-bond donors (Lipinski definition) is 1. The van der Waals surface area contributed by atoms with Crippen LogP contribution in [0.3, 0.4) is 0 Å². The van der Waals surface area contributed by atoms with Crippen LogP contribution in [0.1, 0.15) is 26.2 Å². The van der Waals surface area contributed by atoms with Gasteiger partial charge in [-0.25, -0.2) is 0 Å². The maximum absolute atomic E-state index is 5.39. The summed E-state index contributed by atoms with van der Waals surface area (Å²) >= 11 is 7.46. The molecule has 0 spiro atoms. The number of nitrogens with one attached hydrogen (secondary N) is 1. The molecule has 2 fully saturated rings. The smallest absolute Gasteiger partial charge is 0.169 e. The number of rotatable bonds is 1. The molecule has 4 heteroatoms. The molecule has 1 N–H and O–H groups in total. The molecule has 0 radical (unpaired) electrons. The largest absolute Gasteiger partial charge is 0.360 e. The Hall–Kier alpha value is 0.0400. The molecule has 1 aliphatic heterocycles. The molecule has 0 bridgehead atoms. The molecule has 1 saturated carbocycles. The molecular weight excluding hydrogens is 212 g/mol.